The summed E-state index contributed by atoms with van der Waals surface area (Å²) in [5.74, 6) is -0.856. The second kappa shape index (κ2) is 8.37. The largest absolute Gasteiger partial charge is 0.480 e. The summed E-state index contributed by atoms with van der Waals surface area (Å²) >= 11 is 25.4. The fourth-order valence-corrected chi connectivity index (χ4v) is 4.34. The molecule has 0 saturated carbocycles. The van der Waals surface area contributed by atoms with Gasteiger partial charge in [-0.1, -0.05) is 77.1 Å². The van der Waals surface area contributed by atoms with E-state index in [1.165, 1.54) is 0 Å². The van der Waals surface area contributed by atoms with Gasteiger partial charge in [-0.3, -0.25) is 9.69 Å². The topological polar surface area (TPSA) is 40.5 Å². The molecule has 2 aromatic carbocycles. The van der Waals surface area contributed by atoms with Crippen molar-refractivity contribution in [2.75, 3.05) is 6.54 Å². The average Bonchev–Trinajstić information content (AvgIpc) is 2.62. The Kier molecular flexibility index (Phi) is 6.37. The second-order valence-electron chi connectivity index (χ2n) is 6.28. The lowest BCUT2D eigenvalue weighted by Crippen LogP contribution is -2.47. The lowest BCUT2D eigenvalue weighted by molar-refractivity contribution is -0.145. The van der Waals surface area contributed by atoms with Crippen LogP contribution in [0, 0.1) is 0 Å². The number of hydrogen-bond donors (Lipinski definition) is 1. The molecule has 0 bridgehead atoms. The van der Waals surface area contributed by atoms with Gasteiger partial charge in [-0.15, -0.1) is 0 Å². The number of rotatable bonds is 4. The molecule has 3 nitrogen and oxygen atoms in total. The van der Waals surface area contributed by atoms with Crippen molar-refractivity contribution < 1.29 is 9.90 Å². The molecule has 0 radical (unpaired) electrons. The third-order valence-electron chi connectivity index (χ3n) is 4.71. The maximum Gasteiger partial charge on any atom is 0.320 e. The van der Waals surface area contributed by atoms with Crippen molar-refractivity contribution in [3.63, 3.8) is 0 Å². The van der Waals surface area contributed by atoms with Crippen molar-refractivity contribution in [2.45, 2.75) is 31.3 Å². The number of aliphatic carboxylic acids is 1. The molecular weight excluding hydrogens is 416 g/mol. The van der Waals surface area contributed by atoms with Crippen molar-refractivity contribution >= 4 is 52.4 Å². The molecule has 3 rings (SSSR count). The van der Waals surface area contributed by atoms with Gasteiger partial charge in [0.25, 0.3) is 0 Å². The van der Waals surface area contributed by atoms with Crippen LogP contribution in [0.5, 0.6) is 0 Å². The number of likely N-dealkylation sites (tertiary alicyclic amines) is 1. The van der Waals surface area contributed by atoms with Gasteiger partial charge in [0.15, 0.2) is 0 Å². The summed E-state index contributed by atoms with van der Waals surface area (Å²) in [5.41, 5.74) is 1.44. The molecule has 0 aromatic heterocycles. The van der Waals surface area contributed by atoms with E-state index >= 15 is 0 Å². The van der Waals surface area contributed by atoms with E-state index in [2.05, 4.69) is 0 Å². The minimum absolute atomic E-state index is 0.393. The molecule has 1 N–H and O–H groups in total. The van der Waals surface area contributed by atoms with E-state index in [9.17, 15) is 9.90 Å². The Labute approximate surface area is 172 Å². The van der Waals surface area contributed by atoms with Crippen LogP contribution in [0.3, 0.4) is 0 Å². The lowest BCUT2D eigenvalue weighted by atomic mass is 9.91. The molecular formula is C19H17Cl4NO2. The molecule has 7 heteroatoms. The quantitative estimate of drug-likeness (QED) is 0.613. The molecule has 1 saturated heterocycles. The van der Waals surface area contributed by atoms with Crippen LogP contribution in [-0.4, -0.2) is 28.6 Å². The third kappa shape index (κ3) is 3.83. The van der Waals surface area contributed by atoms with Crippen LogP contribution >= 0.6 is 46.4 Å². The zero-order chi connectivity index (χ0) is 18.8. The summed E-state index contributed by atoms with van der Waals surface area (Å²) in [5, 5.41) is 11.4. The van der Waals surface area contributed by atoms with E-state index in [-0.39, 0.29) is 0 Å². The summed E-state index contributed by atoms with van der Waals surface area (Å²) in [6, 6.07) is 9.63. The van der Waals surface area contributed by atoms with Crippen molar-refractivity contribution in [2.24, 2.45) is 0 Å². The molecule has 1 unspecified atom stereocenters. The molecule has 1 aliphatic rings. The number of carboxylic acids is 1. The van der Waals surface area contributed by atoms with Gasteiger partial charge in [0.1, 0.15) is 6.04 Å². The van der Waals surface area contributed by atoms with E-state index in [1.807, 2.05) is 17.0 Å². The first-order valence-electron chi connectivity index (χ1n) is 8.28. The monoisotopic (exact) mass is 431 g/mol. The van der Waals surface area contributed by atoms with Crippen molar-refractivity contribution in [3.05, 3.63) is 67.6 Å². The number of nitrogens with zero attached hydrogens (tertiary/aromatic N) is 1. The summed E-state index contributed by atoms with van der Waals surface area (Å²) in [6.07, 6.45) is 2.34. The van der Waals surface area contributed by atoms with Crippen LogP contribution in [0.15, 0.2) is 36.4 Å². The standard InChI is InChI=1S/C19H17Cl4NO2/c20-13-7-3-5-11(16(13)22)18(12-6-4-8-14(21)17(12)23)24-10-2-1-9-15(24)19(25)26/h3-8,15,18H,1-2,9-10H2,(H,25,26). The molecule has 0 spiro atoms. The third-order valence-corrected chi connectivity index (χ3v) is 6.38. The van der Waals surface area contributed by atoms with Gasteiger partial charge in [-0.05, 0) is 42.6 Å². The highest BCUT2D eigenvalue weighted by atomic mass is 35.5. The predicted octanol–water partition coefficient (Wildman–Crippen LogP) is 6.33. The van der Waals surface area contributed by atoms with E-state index in [1.54, 1.807) is 24.3 Å². The minimum atomic E-state index is -0.856. The Morgan fingerprint density at radius 1 is 0.962 bits per heavy atom. The van der Waals surface area contributed by atoms with Gasteiger partial charge in [0.05, 0.1) is 26.1 Å². The van der Waals surface area contributed by atoms with Gasteiger partial charge in [-0.25, -0.2) is 0 Å². The summed E-state index contributed by atoms with van der Waals surface area (Å²) in [7, 11) is 0. The number of piperidine rings is 1. The number of halogens is 4. The van der Waals surface area contributed by atoms with Crippen molar-refractivity contribution in [3.8, 4) is 0 Å². The molecule has 0 aliphatic carbocycles. The molecule has 1 heterocycles. The highest BCUT2D eigenvalue weighted by molar-refractivity contribution is 6.43. The SMILES string of the molecule is O=C(O)C1CCCCN1C(c1cccc(Cl)c1Cl)c1cccc(Cl)c1Cl. The summed E-state index contributed by atoms with van der Waals surface area (Å²) < 4.78 is 0. The zero-order valence-electron chi connectivity index (χ0n) is 13.8. The molecule has 1 aliphatic heterocycles. The maximum atomic E-state index is 11.9. The molecule has 1 atom stereocenters. The van der Waals surface area contributed by atoms with Crippen LogP contribution in [0.4, 0.5) is 0 Å². The van der Waals surface area contributed by atoms with E-state index in [0.29, 0.717) is 33.1 Å². The smallest absolute Gasteiger partial charge is 0.320 e. The van der Waals surface area contributed by atoms with Crippen molar-refractivity contribution in [1.29, 1.82) is 0 Å². The van der Waals surface area contributed by atoms with Crippen LogP contribution in [-0.2, 0) is 4.79 Å². The van der Waals surface area contributed by atoms with E-state index < -0.39 is 18.1 Å². The number of carboxylic acid groups (broad SMARTS) is 1. The van der Waals surface area contributed by atoms with Gasteiger partial charge in [0.2, 0.25) is 0 Å². The molecule has 26 heavy (non-hydrogen) atoms. The van der Waals surface area contributed by atoms with Crippen LogP contribution in [0.1, 0.15) is 36.4 Å². The number of benzene rings is 2. The average molecular weight is 433 g/mol. The van der Waals surface area contributed by atoms with Gasteiger partial charge >= 0.3 is 5.97 Å². The van der Waals surface area contributed by atoms with Gasteiger partial charge in [0, 0.05) is 0 Å². The zero-order valence-corrected chi connectivity index (χ0v) is 16.8. The molecule has 0 amide bonds. The Balaban J connectivity index is 2.20. The molecule has 138 valence electrons. The second-order valence-corrected chi connectivity index (χ2v) is 7.85. The minimum Gasteiger partial charge on any atom is -0.480 e. The lowest BCUT2D eigenvalue weighted by Gasteiger charge is -2.40. The first-order valence-corrected chi connectivity index (χ1v) is 9.79. The van der Waals surface area contributed by atoms with E-state index in [4.69, 9.17) is 46.4 Å². The first kappa shape index (κ1) is 19.8. The summed E-state index contributed by atoms with van der Waals surface area (Å²) in [4.78, 5) is 13.8. The van der Waals surface area contributed by atoms with Gasteiger partial charge in [-0.2, -0.15) is 0 Å². The fraction of sp³-hybridized carbons (Fsp3) is 0.316. The molecule has 1 fully saturated rings. The molecule has 2 aromatic rings. The number of carbonyl (C=O) groups is 1. The Bertz CT molecular complexity index is 776. The Morgan fingerprint density at radius 2 is 1.50 bits per heavy atom. The van der Waals surface area contributed by atoms with E-state index in [0.717, 1.165) is 24.0 Å². The van der Waals surface area contributed by atoms with Gasteiger partial charge < -0.3 is 5.11 Å². The highest BCUT2D eigenvalue weighted by Crippen LogP contribution is 2.43. The van der Waals surface area contributed by atoms with Crippen LogP contribution < -0.4 is 0 Å². The highest BCUT2D eigenvalue weighted by Gasteiger charge is 2.37. The summed E-state index contributed by atoms with van der Waals surface area (Å²) in [6.45, 7) is 0.618. The normalized spacial score (nSPS) is 18.3. The number of hydrogen-bond acceptors (Lipinski definition) is 2. The van der Waals surface area contributed by atoms with Crippen LogP contribution in [0.25, 0.3) is 0 Å². The maximum absolute atomic E-state index is 11.9. The predicted molar refractivity (Wildman–Crippen MR) is 107 cm³/mol. The fourth-order valence-electron chi connectivity index (χ4n) is 3.52. The van der Waals surface area contributed by atoms with Crippen LogP contribution in [0.2, 0.25) is 20.1 Å². The first-order chi connectivity index (χ1) is 12.4. The Hall–Kier alpha value is -0.970. The Morgan fingerprint density at radius 3 is 2.00 bits per heavy atom. The van der Waals surface area contributed by atoms with Crippen molar-refractivity contribution in [1.82, 2.24) is 4.90 Å².